The van der Waals surface area contributed by atoms with Gasteiger partial charge in [0.05, 0.1) is 12.2 Å². The fourth-order valence-electron chi connectivity index (χ4n) is 2.41. The number of anilines is 1. The van der Waals surface area contributed by atoms with Gasteiger partial charge in [-0.25, -0.2) is 9.38 Å². The molecule has 4 nitrogen and oxygen atoms in total. The molecule has 1 fully saturated rings. The van der Waals surface area contributed by atoms with Gasteiger partial charge in [-0.15, -0.1) is 0 Å². The highest BCUT2D eigenvalue weighted by atomic mass is 19.1. The summed E-state index contributed by atoms with van der Waals surface area (Å²) in [6, 6.07) is 5.20. The molecule has 0 bridgehead atoms. The van der Waals surface area contributed by atoms with Crippen molar-refractivity contribution in [2.45, 2.75) is 25.8 Å². The standard InChI is InChI=1S/C15H23FN4/c1-19(2)14-7-6-12(10-13(14)16)11-18-15(17)20-8-4-3-5-9-20/h6-7,10H,3-5,8-9,11H2,1-2H3,(H2,17,18). The predicted molar refractivity (Wildman–Crippen MR) is 81.5 cm³/mol. The summed E-state index contributed by atoms with van der Waals surface area (Å²) in [4.78, 5) is 8.23. The highest BCUT2D eigenvalue weighted by Gasteiger charge is 2.12. The summed E-state index contributed by atoms with van der Waals surface area (Å²) in [5.41, 5.74) is 7.41. The Hall–Kier alpha value is -1.78. The number of halogens is 1. The van der Waals surface area contributed by atoms with Gasteiger partial charge in [-0.1, -0.05) is 6.07 Å². The molecule has 1 aliphatic heterocycles. The van der Waals surface area contributed by atoms with Crippen molar-refractivity contribution in [3.63, 3.8) is 0 Å². The summed E-state index contributed by atoms with van der Waals surface area (Å²) in [6.07, 6.45) is 3.60. The van der Waals surface area contributed by atoms with E-state index in [-0.39, 0.29) is 5.82 Å². The molecule has 1 heterocycles. The Morgan fingerprint density at radius 2 is 2.00 bits per heavy atom. The third-order valence-corrected chi connectivity index (χ3v) is 3.60. The van der Waals surface area contributed by atoms with Crippen molar-refractivity contribution in [1.82, 2.24) is 4.90 Å². The van der Waals surface area contributed by atoms with Gasteiger partial charge in [0.1, 0.15) is 5.82 Å². The molecule has 0 spiro atoms. The van der Waals surface area contributed by atoms with E-state index in [1.165, 1.54) is 25.3 Å². The van der Waals surface area contributed by atoms with Gasteiger partial charge in [0.15, 0.2) is 5.96 Å². The van der Waals surface area contributed by atoms with Crippen LogP contribution in [0.3, 0.4) is 0 Å². The van der Waals surface area contributed by atoms with E-state index in [0.717, 1.165) is 18.7 Å². The van der Waals surface area contributed by atoms with E-state index in [2.05, 4.69) is 9.89 Å². The minimum absolute atomic E-state index is 0.223. The monoisotopic (exact) mass is 278 g/mol. The van der Waals surface area contributed by atoms with Crippen molar-refractivity contribution in [3.8, 4) is 0 Å². The summed E-state index contributed by atoms with van der Waals surface area (Å²) < 4.78 is 13.8. The number of rotatable bonds is 3. The predicted octanol–water partition coefficient (Wildman–Crippen LogP) is 2.19. The number of nitrogens with two attached hydrogens (primary N) is 1. The van der Waals surface area contributed by atoms with E-state index in [9.17, 15) is 4.39 Å². The normalized spacial score (nSPS) is 16.4. The van der Waals surface area contributed by atoms with Crippen molar-refractivity contribution < 1.29 is 4.39 Å². The first-order chi connectivity index (χ1) is 9.58. The van der Waals surface area contributed by atoms with Gasteiger partial charge < -0.3 is 15.5 Å². The highest BCUT2D eigenvalue weighted by Crippen LogP contribution is 2.18. The Morgan fingerprint density at radius 1 is 1.30 bits per heavy atom. The molecule has 2 rings (SSSR count). The lowest BCUT2D eigenvalue weighted by Crippen LogP contribution is -2.40. The van der Waals surface area contributed by atoms with Crippen molar-refractivity contribution in [2.75, 3.05) is 32.1 Å². The number of piperidine rings is 1. The van der Waals surface area contributed by atoms with E-state index in [0.29, 0.717) is 18.2 Å². The molecule has 1 aliphatic rings. The summed E-state index contributed by atoms with van der Waals surface area (Å²) in [7, 11) is 3.65. The molecule has 0 amide bonds. The Labute approximate surface area is 120 Å². The molecular formula is C15H23FN4. The van der Waals surface area contributed by atoms with E-state index < -0.39 is 0 Å². The maximum Gasteiger partial charge on any atom is 0.191 e. The van der Waals surface area contributed by atoms with E-state index in [1.807, 2.05) is 20.2 Å². The summed E-state index contributed by atoms with van der Waals surface area (Å²) in [5.74, 6) is 0.348. The number of benzene rings is 1. The number of likely N-dealkylation sites (tertiary alicyclic amines) is 1. The van der Waals surface area contributed by atoms with Gasteiger partial charge in [0.2, 0.25) is 0 Å². The maximum atomic E-state index is 13.8. The lowest BCUT2D eigenvalue weighted by molar-refractivity contribution is 0.338. The van der Waals surface area contributed by atoms with Crippen LogP contribution in [0.25, 0.3) is 0 Å². The van der Waals surface area contributed by atoms with E-state index in [4.69, 9.17) is 5.73 Å². The fourth-order valence-corrected chi connectivity index (χ4v) is 2.41. The first kappa shape index (κ1) is 14.6. The van der Waals surface area contributed by atoms with E-state index in [1.54, 1.807) is 11.0 Å². The molecule has 1 saturated heterocycles. The molecule has 2 N–H and O–H groups in total. The van der Waals surface area contributed by atoms with Gasteiger partial charge >= 0.3 is 0 Å². The number of guanidine groups is 1. The van der Waals surface area contributed by atoms with Crippen LogP contribution in [0.1, 0.15) is 24.8 Å². The smallest absolute Gasteiger partial charge is 0.191 e. The zero-order valence-electron chi connectivity index (χ0n) is 12.3. The second-order valence-corrected chi connectivity index (χ2v) is 5.40. The van der Waals surface area contributed by atoms with Crippen molar-refractivity contribution in [3.05, 3.63) is 29.6 Å². The number of aliphatic imine (C=N–C) groups is 1. The van der Waals surface area contributed by atoms with Crippen molar-refractivity contribution in [1.29, 1.82) is 0 Å². The number of nitrogens with zero attached hydrogens (tertiary/aromatic N) is 3. The van der Waals surface area contributed by atoms with Crippen LogP contribution in [0.15, 0.2) is 23.2 Å². The van der Waals surface area contributed by atoms with Crippen LogP contribution in [0.2, 0.25) is 0 Å². The largest absolute Gasteiger partial charge is 0.375 e. The molecule has 1 aromatic rings. The minimum atomic E-state index is -0.223. The lowest BCUT2D eigenvalue weighted by Gasteiger charge is -2.27. The second kappa shape index (κ2) is 6.59. The molecule has 20 heavy (non-hydrogen) atoms. The molecule has 0 aliphatic carbocycles. The minimum Gasteiger partial charge on any atom is -0.375 e. The molecule has 0 saturated carbocycles. The first-order valence-corrected chi connectivity index (χ1v) is 7.08. The average molecular weight is 278 g/mol. The first-order valence-electron chi connectivity index (χ1n) is 7.08. The molecule has 110 valence electrons. The van der Waals surface area contributed by atoms with Crippen LogP contribution in [-0.4, -0.2) is 38.0 Å². The maximum absolute atomic E-state index is 13.8. The van der Waals surface area contributed by atoms with Crippen LogP contribution in [0, 0.1) is 5.82 Å². The topological polar surface area (TPSA) is 44.9 Å². The SMILES string of the molecule is CN(C)c1ccc(CN=C(N)N2CCCCC2)cc1F. The molecule has 0 radical (unpaired) electrons. The third kappa shape index (κ3) is 3.62. The molecule has 0 aromatic heterocycles. The molecule has 0 atom stereocenters. The van der Waals surface area contributed by atoms with Crippen LogP contribution in [-0.2, 0) is 6.54 Å². The van der Waals surface area contributed by atoms with Crippen molar-refractivity contribution in [2.24, 2.45) is 10.7 Å². The van der Waals surface area contributed by atoms with Crippen LogP contribution in [0.4, 0.5) is 10.1 Å². The highest BCUT2D eigenvalue weighted by molar-refractivity contribution is 5.78. The van der Waals surface area contributed by atoms with Crippen molar-refractivity contribution >= 4 is 11.6 Å². The van der Waals surface area contributed by atoms with Gasteiger partial charge in [0.25, 0.3) is 0 Å². The summed E-state index contributed by atoms with van der Waals surface area (Å²) in [5, 5.41) is 0. The molecule has 5 heteroatoms. The van der Waals surface area contributed by atoms with Crippen LogP contribution < -0.4 is 10.6 Å². The Kier molecular flexibility index (Phi) is 4.82. The number of hydrogen-bond acceptors (Lipinski definition) is 2. The zero-order chi connectivity index (χ0) is 14.5. The second-order valence-electron chi connectivity index (χ2n) is 5.40. The van der Waals surface area contributed by atoms with Gasteiger partial charge in [0, 0.05) is 27.2 Å². The quantitative estimate of drug-likeness (QED) is 0.681. The lowest BCUT2D eigenvalue weighted by atomic mass is 10.1. The van der Waals surface area contributed by atoms with Gasteiger partial charge in [-0.3, -0.25) is 0 Å². The zero-order valence-corrected chi connectivity index (χ0v) is 12.3. The molecular weight excluding hydrogens is 255 g/mol. The van der Waals surface area contributed by atoms with Gasteiger partial charge in [-0.05, 0) is 37.0 Å². The Morgan fingerprint density at radius 3 is 2.60 bits per heavy atom. The average Bonchev–Trinajstić information content (AvgIpc) is 2.45. The summed E-state index contributed by atoms with van der Waals surface area (Å²) in [6.45, 7) is 2.37. The van der Waals surface area contributed by atoms with Crippen LogP contribution in [0.5, 0.6) is 0 Å². The molecule has 1 aromatic carbocycles. The van der Waals surface area contributed by atoms with Crippen LogP contribution >= 0.6 is 0 Å². The van der Waals surface area contributed by atoms with E-state index >= 15 is 0 Å². The Bertz CT molecular complexity index is 479. The van der Waals surface area contributed by atoms with Gasteiger partial charge in [-0.2, -0.15) is 0 Å². The third-order valence-electron chi connectivity index (χ3n) is 3.60. The fraction of sp³-hybridized carbons (Fsp3) is 0.533. The molecule has 0 unspecified atom stereocenters. The summed E-state index contributed by atoms with van der Waals surface area (Å²) >= 11 is 0. The number of hydrogen-bond donors (Lipinski definition) is 1. The Balaban J connectivity index is 2.01.